The SMILES string of the molecule is Cc1c(C(=O)N2CCNCC2c2nccn2C)cnn1C(C)(C)C.Cl. The van der Waals surface area contributed by atoms with Crippen LogP contribution in [0.2, 0.25) is 0 Å². The minimum Gasteiger partial charge on any atom is -0.336 e. The normalized spacial score (nSPS) is 18.1. The van der Waals surface area contributed by atoms with Gasteiger partial charge in [0.05, 0.1) is 17.3 Å². The van der Waals surface area contributed by atoms with Crippen LogP contribution in [0, 0.1) is 6.92 Å². The molecule has 3 heterocycles. The molecule has 2 aromatic rings. The van der Waals surface area contributed by atoms with Crippen molar-refractivity contribution in [2.75, 3.05) is 19.6 Å². The molecule has 0 saturated carbocycles. The van der Waals surface area contributed by atoms with Crippen molar-refractivity contribution in [2.45, 2.75) is 39.3 Å². The van der Waals surface area contributed by atoms with Crippen LogP contribution in [0.1, 0.15) is 48.7 Å². The number of rotatable bonds is 2. The Morgan fingerprint density at radius 2 is 2.08 bits per heavy atom. The van der Waals surface area contributed by atoms with E-state index in [0.29, 0.717) is 18.7 Å². The van der Waals surface area contributed by atoms with Gasteiger partial charge < -0.3 is 14.8 Å². The molecule has 1 fully saturated rings. The Morgan fingerprint density at radius 3 is 2.64 bits per heavy atom. The van der Waals surface area contributed by atoms with Crippen molar-refractivity contribution in [3.05, 3.63) is 35.7 Å². The third kappa shape index (κ3) is 3.57. The van der Waals surface area contributed by atoms with Crippen molar-refractivity contribution in [1.82, 2.24) is 29.5 Å². The monoisotopic (exact) mass is 366 g/mol. The largest absolute Gasteiger partial charge is 0.336 e. The van der Waals surface area contributed by atoms with E-state index in [0.717, 1.165) is 18.1 Å². The van der Waals surface area contributed by atoms with E-state index >= 15 is 0 Å². The highest BCUT2D eigenvalue weighted by Gasteiger charge is 2.33. The van der Waals surface area contributed by atoms with Crippen molar-refractivity contribution in [3.8, 4) is 0 Å². The van der Waals surface area contributed by atoms with Gasteiger partial charge >= 0.3 is 0 Å². The second-order valence-corrected chi connectivity index (χ2v) is 7.34. The van der Waals surface area contributed by atoms with Crippen LogP contribution in [0.15, 0.2) is 18.6 Å². The van der Waals surface area contributed by atoms with Crippen LogP contribution < -0.4 is 5.32 Å². The number of aromatic nitrogens is 4. The zero-order valence-corrected chi connectivity index (χ0v) is 16.3. The van der Waals surface area contributed by atoms with Gasteiger partial charge in [-0.25, -0.2) is 4.98 Å². The molecule has 0 aromatic carbocycles. The topological polar surface area (TPSA) is 68.0 Å². The molecule has 1 aliphatic rings. The molecule has 1 N–H and O–H groups in total. The van der Waals surface area contributed by atoms with E-state index in [-0.39, 0.29) is 29.9 Å². The molecular formula is C17H27ClN6O. The minimum absolute atomic E-state index is 0. The maximum Gasteiger partial charge on any atom is 0.258 e. The number of piperazine rings is 1. The molecule has 1 unspecified atom stereocenters. The van der Waals surface area contributed by atoms with Gasteiger partial charge in [0.1, 0.15) is 11.9 Å². The quantitative estimate of drug-likeness (QED) is 0.881. The van der Waals surface area contributed by atoms with Crippen LogP contribution >= 0.6 is 12.4 Å². The Kier molecular flexibility index (Phi) is 5.58. The van der Waals surface area contributed by atoms with Crippen molar-refractivity contribution >= 4 is 18.3 Å². The summed E-state index contributed by atoms with van der Waals surface area (Å²) in [6, 6.07) is -0.0661. The zero-order valence-electron chi connectivity index (χ0n) is 15.5. The van der Waals surface area contributed by atoms with Crippen LogP contribution in [-0.4, -0.2) is 49.8 Å². The summed E-state index contributed by atoms with van der Waals surface area (Å²) in [6.07, 6.45) is 5.38. The number of aryl methyl sites for hydroxylation is 1. The molecule has 1 amide bonds. The Morgan fingerprint density at radius 1 is 1.36 bits per heavy atom. The van der Waals surface area contributed by atoms with Crippen LogP contribution in [0.5, 0.6) is 0 Å². The first-order valence-corrected chi connectivity index (χ1v) is 8.34. The standard InChI is InChI=1S/C17H26N6O.ClH/c1-12-13(10-20-23(12)17(2,3)4)16(24)22-9-6-18-11-14(22)15-19-7-8-21(15)5;/h7-8,10,14,18H,6,9,11H2,1-5H3;1H. The third-order valence-corrected chi connectivity index (χ3v) is 4.54. The summed E-state index contributed by atoms with van der Waals surface area (Å²) in [5.74, 6) is 0.925. The molecular weight excluding hydrogens is 340 g/mol. The lowest BCUT2D eigenvalue weighted by atomic mass is 10.1. The second-order valence-electron chi connectivity index (χ2n) is 7.34. The van der Waals surface area contributed by atoms with Gasteiger partial charge in [-0.3, -0.25) is 9.48 Å². The summed E-state index contributed by atoms with van der Waals surface area (Å²) < 4.78 is 3.89. The number of hydrogen-bond donors (Lipinski definition) is 1. The summed E-state index contributed by atoms with van der Waals surface area (Å²) in [5, 5.41) is 7.80. The number of carbonyl (C=O) groups is 1. The van der Waals surface area contributed by atoms with Crippen LogP contribution in [0.3, 0.4) is 0 Å². The van der Waals surface area contributed by atoms with Crippen LogP contribution in [-0.2, 0) is 12.6 Å². The molecule has 8 heteroatoms. The van der Waals surface area contributed by atoms with Gasteiger partial charge in [-0.05, 0) is 27.7 Å². The highest BCUT2D eigenvalue weighted by molar-refractivity contribution is 5.95. The van der Waals surface area contributed by atoms with Crippen molar-refractivity contribution < 1.29 is 4.79 Å². The fourth-order valence-electron chi connectivity index (χ4n) is 3.33. The molecule has 7 nitrogen and oxygen atoms in total. The molecule has 0 bridgehead atoms. The number of hydrogen-bond acceptors (Lipinski definition) is 4. The summed E-state index contributed by atoms with van der Waals surface area (Å²) in [6.45, 7) is 10.4. The van der Waals surface area contributed by atoms with Gasteiger partial charge in [-0.15, -0.1) is 12.4 Å². The summed E-state index contributed by atoms with van der Waals surface area (Å²) in [5.41, 5.74) is 1.43. The van der Waals surface area contributed by atoms with E-state index in [1.807, 2.05) is 34.3 Å². The number of nitrogens with one attached hydrogen (secondary N) is 1. The van der Waals surface area contributed by atoms with Crippen molar-refractivity contribution in [3.63, 3.8) is 0 Å². The number of imidazole rings is 1. The van der Waals surface area contributed by atoms with Crippen molar-refractivity contribution in [2.24, 2.45) is 7.05 Å². The number of halogens is 1. The van der Waals surface area contributed by atoms with Gasteiger partial charge in [0.15, 0.2) is 0 Å². The molecule has 1 aliphatic heterocycles. The van der Waals surface area contributed by atoms with E-state index < -0.39 is 0 Å². The summed E-state index contributed by atoms with van der Waals surface area (Å²) in [7, 11) is 1.96. The number of carbonyl (C=O) groups excluding carboxylic acids is 1. The lowest BCUT2D eigenvalue weighted by Crippen LogP contribution is -2.49. The summed E-state index contributed by atoms with van der Waals surface area (Å²) in [4.78, 5) is 19.5. The zero-order chi connectivity index (χ0) is 17.5. The molecule has 1 saturated heterocycles. The average Bonchev–Trinajstić information content (AvgIpc) is 3.12. The van der Waals surface area contributed by atoms with Gasteiger partial charge in [0.25, 0.3) is 5.91 Å². The average molecular weight is 367 g/mol. The van der Waals surface area contributed by atoms with E-state index in [2.05, 4.69) is 36.2 Å². The second kappa shape index (κ2) is 7.17. The minimum atomic E-state index is -0.148. The third-order valence-electron chi connectivity index (χ3n) is 4.54. The maximum absolute atomic E-state index is 13.2. The first-order chi connectivity index (χ1) is 11.3. The van der Waals surface area contributed by atoms with E-state index in [9.17, 15) is 4.79 Å². The molecule has 0 spiro atoms. The molecule has 3 rings (SSSR count). The molecule has 138 valence electrons. The smallest absolute Gasteiger partial charge is 0.258 e. The fraction of sp³-hybridized carbons (Fsp3) is 0.588. The molecule has 25 heavy (non-hydrogen) atoms. The lowest BCUT2D eigenvalue weighted by molar-refractivity contribution is 0.0620. The molecule has 0 aliphatic carbocycles. The predicted molar refractivity (Wildman–Crippen MR) is 99.1 cm³/mol. The lowest BCUT2D eigenvalue weighted by Gasteiger charge is -2.35. The molecule has 0 radical (unpaired) electrons. The number of nitrogens with zero attached hydrogens (tertiary/aromatic N) is 5. The van der Waals surface area contributed by atoms with E-state index in [1.54, 1.807) is 12.4 Å². The Balaban J connectivity index is 0.00000225. The molecule has 1 atom stereocenters. The van der Waals surface area contributed by atoms with Gasteiger partial charge in [0.2, 0.25) is 0 Å². The van der Waals surface area contributed by atoms with E-state index in [1.165, 1.54) is 0 Å². The van der Waals surface area contributed by atoms with Crippen molar-refractivity contribution in [1.29, 1.82) is 0 Å². The Bertz CT molecular complexity index is 745. The number of amides is 1. The predicted octanol–water partition coefficient (Wildman–Crippen LogP) is 1.89. The maximum atomic E-state index is 13.2. The van der Waals surface area contributed by atoms with Crippen LogP contribution in [0.25, 0.3) is 0 Å². The van der Waals surface area contributed by atoms with Crippen LogP contribution in [0.4, 0.5) is 0 Å². The molecule has 2 aromatic heterocycles. The van der Waals surface area contributed by atoms with Gasteiger partial charge in [-0.1, -0.05) is 0 Å². The fourth-order valence-corrected chi connectivity index (χ4v) is 3.33. The first kappa shape index (κ1) is 19.5. The van der Waals surface area contributed by atoms with E-state index in [4.69, 9.17) is 0 Å². The van der Waals surface area contributed by atoms with Gasteiger partial charge in [-0.2, -0.15) is 5.10 Å². The first-order valence-electron chi connectivity index (χ1n) is 8.34. The van der Waals surface area contributed by atoms with Gasteiger partial charge in [0, 0.05) is 44.8 Å². The Labute approximate surface area is 154 Å². The highest BCUT2D eigenvalue weighted by atomic mass is 35.5. The summed E-state index contributed by atoms with van der Waals surface area (Å²) >= 11 is 0. The Hall–Kier alpha value is -1.86. The highest BCUT2D eigenvalue weighted by Crippen LogP contribution is 2.25.